The summed E-state index contributed by atoms with van der Waals surface area (Å²) in [6.45, 7) is 0.830. The summed E-state index contributed by atoms with van der Waals surface area (Å²) in [5.41, 5.74) is 1.81. The van der Waals surface area contributed by atoms with Crippen molar-refractivity contribution in [1.29, 1.82) is 5.41 Å². The van der Waals surface area contributed by atoms with Gasteiger partial charge in [-0.05, 0) is 43.2 Å². The highest BCUT2D eigenvalue weighted by molar-refractivity contribution is 7.81. The van der Waals surface area contributed by atoms with Crippen LogP contribution in [0, 0.1) is 25.6 Å². The van der Waals surface area contributed by atoms with Crippen LogP contribution in [-0.4, -0.2) is 44.1 Å². The van der Waals surface area contributed by atoms with Crippen molar-refractivity contribution in [2.75, 3.05) is 0 Å². The Kier molecular flexibility index (Phi) is 7.86. The van der Waals surface area contributed by atoms with E-state index < -0.39 is 9.85 Å². The predicted octanol–water partition coefficient (Wildman–Crippen LogP) is 4.00. The molecule has 10 nitrogen and oxygen atoms in total. The summed E-state index contributed by atoms with van der Waals surface area (Å²) in [7, 11) is 0. The van der Waals surface area contributed by atoms with E-state index in [2.05, 4.69) is 23.3 Å². The van der Waals surface area contributed by atoms with E-state index in [9.17, 15) is 20.2 Å². The number of thiol groups is 1. The van der Waals surface area contributed by atoms with E-state index in [1.54, 1.807) is 24.3 Å². The van der Waals surface area contributed by atoms with Gasteiger partial charge in [-0.2, -0.15) is 12.6 Å². The number of nitrogens with zero attached hydrogens (tertiary/aromatic N) is 3. The van der Waals surface area contributed by atoms with Crippen molar-refractivity contribution in [1.82, 2.24) is 15.5 Å². The number of nitro benzene ring substituents is 2. The molecule has 2 atom stereocenters. The molecular weight excluding hydrogens is 468 g/mol. The SMILES string of the molecule is N=C(NCc1ccc([N+](=O)[O-])cc1)N(Cc1ccc([N+](=O)[O-])cc1)[C@H]1CC[C@H](NC2CC(S)C2)C1. The number of non-ortho nitro benzene ring substituents is 2. The first-order chi connectivity index (χ1) is 16.8. The van der Waals surface area contributed by atoms with Crippen LogP contribution >= 0.6 is 12.6 Å². The van der Waals surface area contributed by atoms with Crippen LogP contribution in [0.2, 0.25) is 0 Å². The zero-order valence-electron chi connectivity index (χ0n) is 19.3. The Morgan fingerprint density at radius 1 is 0.914 bits per heavy atom. The zero-order valence-corrected chi connectivity index (χ0v) is 20.2. The van der Waals surface area contributed by atoms with Crippen LogP contribution in [0.5, 0.6) is 0 Å². The van der Waals surface area contributed by atoms with E-state index in [-0.39, 0.29) is 23.4 Å². The van der Waals surface area contributed by atoms with Gasteiger partial charge in [0.1, 0.15) is 0 Å². The molecule has 0 aliphatic heterocycles. The Labute approximate surface area is 209 Å². The Bertz CT molecular complexity index is 1060. The molecule has 186 valence electrons. The summed E-state index contributed by atoms with van der Waals surface area (Å²) in [6, 6.07) is 13.8. The largest absolute Gasteiger partial charge is 0.352 e. The first kappa shape index (κ1) is 24.9. The summed E-state index contributed by atoms with van der Waals surface area (Å²) < 4.78 is 0. The third-order valence-corrected chi connectivity index (χ3v) is 7.25. The Morgan fingerprint density at radius 2 is 1.49 bits per heavy atom. The lowest BCUT2D eigenvalue weighted by Crippen LogP contribution is -2.48. The minimum absolute atomic E-state index is 0.0313. The number of hydrogen-bond acceptors (Lipinski definition) is 7. The maximum Gasteiger partial charge on any atom is 0.269 e. The second kappa shape index (κ2) is 11.0. The molecule has 2 aliphatic carbocycles. The molecule has 35 heavy (non-hydrogen) atoms. The standard InChI is InChI=1S/C24H30N6O4S/c25-24(26-14-16-1-6-20(7-2-16)29(31)32)28(15-17-3-8-21(9-4-17)30(33)34)22-10-5-18(11-22)27-19-12-23(35)13-19/h1-4,6-9,18-19,22-23,27,35H,5,10-15H2,(H2,25,26)/t18-,19?,22-,23?/m0/s1. The lowest BCUT2D eigenvalue weighted by molar-refractivity contribution is -0.385. The van der Waals surface area contributed by atoms with Crippen molar-refractivity contribution in [3.63, 3.8) is 0 Å². The molecule has 2 aromatic carbocycles. The van der Waals surface area contributed by atoms with Crippen molar-refractivity contribution in [2.45, 2.75) is 68.6 Å². The third-order valence-electron chi connectivity index (χ3n) is 6.82. The number of benzene rings is 2. The molecule has 0 saturated heterocycles. The van der Waals surface area contributed by atoms with Crippen LogP contribution in [0.1, 0.15) is 43.2 Å². The molecule has 4 rings (SSSR count). The van der Waals surface area contributed by atoms with E-state index >= 15 is 0 Å². The van der Waals surface area contributed by atoms with E-state index in [0.29, 0.717) is 30.4 Å². The lowest BCUT2D eigenvalue weighted by atomic mass is 9.91. The number of rotatable bonds is 9. The molecule has 0 aromatic heterocycles. The second-order valence-corrected chi connectivity index (χ2v) is 10.1. The van der Waals surface area contributed by atoms with Gasteiger partial charge in [-0.1, -0.05) is 24.3 Å². The molecule has 0 amide bonds. The molecule has 2 aliphatic rings. The second-order valence-electron chi connectivity index (χ2n) is 9.33. The summed E-state index contributed by atoms with van der Waals surface area (Å²) >= 11 is 4.50. The average Bonchev–Trinajstić information content (AvgIpc) is 3.28. The van der Waals surface area contributed by atoms with E-state index in [1.807, 2.05) is 4.90 Å². The summed E-state index contributed by atoms with van der Waals surface area (Å²) in [4.78, 5) is 23.1. The Balaban J connectivity index is 1.42. The molecule has 11 heteroatoms. The van der Waals surface area contributed by atoms with E-state index in [0.717, 1.165) is 43.2 Å². The fourth-order valence-electron chi connectivity index (χ4n) is 4.78. The molecule has 0 bridgehead atoms. The van der Waals surface area contributed by atoms with Crippen molar-refractivity contribution in [3.8, 4) is 0 Å². The van der Waals surface area contributed by atoms with Gasteiger partial charge in [0.05, 0.1) is 9.85 Å². The van der Waals surface area contributed by atoms with Gasteiger partial charge in [-0.25, -0.2) is 0 Å². The molecule has 2 aromatic rings. The average molecular weight is 499 g/mol. The van der Waals surface area contributed by atoms with Gasteiger partial charge in [0.15, 0.2) is 5.96 Å². The zero-order chi connectivity index (χ0) is 24.9. The summed E-state index contributed by atoms with van der Waals surface area (Å²) in [5.74, 6) is 0.270. The first-order valence-electron chi connectivity index (χ1n) is 11.8. The van der Waals surface area contributed by atoms with Crippen LogP contribution < -0.4 is 10.6 Å². The van der Waals surface area contributed by atoms with Crippen molar-refractivity contribution < 1.29 is 9.85 Å². The molecule has 0 spiro atoms. The van der Waals surface area contributed by atoms with Crippen LogP contribution in [0.15, 0.2) is 48.5 Å². The maximum atomic E-state index is 11.0. The quantitative estimate of drug-likeness (QED) is 0.135. The van der Waals surface area contributed by atoms with Gasteiger partial charge >= 0.3 is 0 Å². The van der Waals surface area contributed by atoms with Gasteiger partial charge in [0.2, 0.25) is 0 Å². The van der Waals surface area contributed by atoms with Crippen molar-refractivity contribution in [2.24, 2.45) is 0 Å². The van der Waals surface area contributed by atoms with Gasteiger partial charge in [-0.15, -0.1) is 0 Å². The lowest BCUT2D eigenvalue weighted by Gasteiger charge is -2.36. The highest BCUT2D eigenvalue weighted by Gasteiger charge is 2.34. The minimum atomic E-state index is -0.435. The molecule has 3 N–H and O–H groups in total. The molecular formula is C24H30N6O4S. The van der Waals surface area contributed by atoms with Crippen LogP contribution in [0.3, 0.4) is 0 Å². The molecule has 0 radical (unpaired) electrons. The van der Waals surface area contributed by atoms with E-state index in [1.165, 1.54) is 24.3 Å². The third kappa shape index (κ3) is 6.49. The number of nitrogens with one attached hydrogen (secondary N) is 3. The van der Waals surface area contributed by atoms with Gasteiger partial charge in [-0.3, -0.25) is 25.6 Å². The first-order valence-corrected chi connectivity index (χ1v) is 12.3. The molecule has 0 heterocycles. The molecule has 2 saturated carbocycles. The number of guanidine groups is 1. The van der Waals surface area contributed by atoms with Gasteiger partial charge in [0.25, 0.3) is 11.4 Å². The van der Waals surface area contributed by atoms with Crippen LogP contribution in [0.4, 0.5) is 11.4 Å². The fraction of sp³-hybridized carbons (Fsp3) is 0.458. The highest BCUT2D eigenvalue weighted by atomic mass is 32.1. The van der Waals surface area contributed by atoms with Crippen molar-refractivity contribution >= 4 is 30.0 Å². The smallest absolute Gasteiger partial charge is 0.269 e. The predicted molar refractivity (Wildman–Crippen MR) is 137 cm³/mol. The van der Waals surface area contributed by atoms with Gasteiger partial charge in [0, 0.05) is 60.7 Å². The Hall–Kier alpha value is -3.18. The van der Waals surface area contributed by atoms with E-state index in [4.69, 9.17) is 5.41 Å². The van der Waals surface area contributed by atoms with Crippen molar-refractivity contribution in [3.05, 3.63) is 79.9 Å². The number of hydrogen-bond donors (Lipinski definition) is 4. The highest BCUT2D eigenvalue weighted by Crippen LogP contribution is 2.30. The van der Waals surface area contributed by atoms with Gasteiger partial charge < -0.3 is 15.5 Å². The Morgan fingerprint density at radius 3 is 2.03 bits per heavy atom. The topological polar surface area (TPSA) is 137 Å². The van der Waals surface area contributed by atoms with Crippen LogP contribution in [0.25, 0.3) is 0 Å². The molecule has 2 fully saturated rings. The fourth-order valence-corrected chi connectivity index (χ4v) is 5.29. The summed E-state index contributed by atoms with van der Waals surface area (Å²) in [6.07, 6.45) is 5.07. The normalized spacial score (nSPS) is 23.3. The minimum Gasteiger partial charge on any atom is -0.352 e. The summed E-state index contributed by atoms with van der Waals surface area (Å²) in [5, 5.41) is 38.0. The molecule has 0 unspecified atom stereocenters. The number of nitro groups is 2. The monoisotopic (exact) mass is 498 g/mol. The van der Waals surface area contributed by atoms with Crippen LogP contribution in [-0.2, 0) is 13.1 Å². The maximum absolute atomic E-state index is 11.0.